The molecule has 0 aliphatic rings. The minimum atomic E-state index is -3.64. The highest BCUT2D eigenvalue weighted by molar-refractivity contribution is 7.89. The van der Waals surface area contributed by atoms with E-state index in [1.165, 1.54) is 18.2 Å². The Hall–Kier alpha value is -1.62. The second kappa shape index (κ2) is 7.85. The lowest BCUT2D eigenvalue weighted by Gasteiger charge is -2.09. The van der Waals surface area contributed by atoms with Crippen LogP contribution in [-0.4, -0.2) is 26.7 Å². The van der Waals surface area contributed by atoms with Gasteiger partial charge in [0.25, 0.3) is 0 Å². The van der Waals surface area contributed by atoms with E-state index in [0.717, 1.165) is 19.3 Å². The van der Waals surface area contributed by atoms with Crippen LogP contribution in [0.5, 0.6) is 0 Å². The summed E-state index contributed by atoms with van der Waals surface area (Å²) in [6.07, 6.45) is 3.16. The van der Waals surface area contributed by atoms with Crippen LogP contribution in [0.25, 0.3) is 0 Å². The van der Waals surface area contributed by atoms with Crippen LogP contribution < -0.4 is 10.5 Å². The molecule has 0 aliphatic carbocycles. The second-order valence-corrected chi connectivity index (χ2v) is 6.14. The number of nitrogens with two attached hydrogens (primary N) is 1. The van der Waals surface area contributed by atoms with Crippen molar-refractivity contribution in [2.75, 3.05) is 18.9 Å². The van der Waals surface area contributed by atoms with E-state index in [4.69, 9.17) is 16.1 Å². The molecule has 0 heterocycles. The van der Waals surface area contributed by atoms with Gasteiger partial charge < -0.3 is 10.8 Å². The number of unbranched alkanes of at least 4 members (excludes halogenated alkanes) is 3. The molecule has 110 valence electrons. The number of anilines is 1. The first kappa shape index (κ1) is 16.4. The lowest BCUT2D eigenvalue weighted by molar-refractivity contribution is 0.282. The summed E-state index contributed by atoms with van der Waals surface area (Å²) in [4.78, 5) is -0.00754. The molecular formula is C13H19N3O3S. The zero-order valence-electron chi connectivity index (χ0n) is 11.2. The van der Waals surface area contributed by atoms with Crippen LogP contribution in [-0.2, 0) is 10.0 Å². The van der Waals surface area contributed by atoms with Crippen molar-refractivity contribution in [2.24, 2.45) is 0 Å². The Labute approximate surface area is 119 Å². The number of hydrogen-bond acceptors (Lipinski definition) is 5. The number of sulfonamides is 1. The molecule has 0 atom stereocenters. The van der Waals surface area contributed by atoms with E-state index in [-0.39, 0.29) is 17.2 Å². The Bertz CT molecular complexity index is 579. The van der Waals surface area contributed by atoms with Gasteiger partial charge in [-0.3, -0.25) is 0 Å². The monoisotopic (exact) mass is 297 g/mol. The fraction of sp³-hybridized carbons (Fsp3) is 0.462. The predicted molar refractivity (Wildman–Crippen MR) is 76.3 cm³/mol. The molecule has 0 aromatic heterocycles. The summed E-state index contributed by atoms with van der Waals surface area (Å²) in [6.45, 7) is 0.487. The average Bonchev–Trinajstić information content (AvgIpc) is 2.42. The fourth-order valence-electron chi connectivity index (χ4n) is 1.74. The van der Waals surface area contributed by atoms with E-state index in [2.05, 4.69) is 4.72 Å². The van der Waals surface area contributed by atoms with E-state index < -0.39 is 10.0 Å². The summed E-state index contributed by atoms with van der Waals surface area (Å²) in [5.74, 6) is 0. The summed E-state index contributed by atoms with van der Waals surface area (Å²) in [5.41, 5.74) is 6.05. The zero-order valence-corrected chi connectivity index (χ0v) is 12.0. The normalized spacial score (nSPS) is 11.2. The molecule has 4 N–H and O–H groups in total. The molecule has 6 nitrogen and oxygen atoms in total. The van der Waals surface area contributed by atoms with Crippen molar-refractivity contribution in [1.29, 1.82) is 5.26 Å². The first-order valence-electron chi connectivity index (χ1n) is 6.41. The smallest absolute Gasteiger partial charge is 0.242 e. The number of nitriles is 1. The largest absolute Gasteiger partial charge is 0.398 e. The highest BCUT2D eigenvalue weighted by atomic mass is 32.2. The molecule has 0 saturated carbocycles. The Balaban J connectivity index is 2.59. The van der Waals surface area contributed by atoms with E-state index in [1.54, 1.807) is 0 Å². The van der Waals surface area contributed by atoms with Crippen molar-refractivity contribution >= 4 is 15.7 Å². The average molecular weight is 297 g/mol. The van der Waals surface area contributed by atoms with E-state index in [0.29, 0.717) is 18.5 Å². The molecule has 0 saturated heterocycles. The summed E-state index contributed by atoms with van der Waals surface area (Å²) in [5, 5.41) is 17.3. The van der Waals surface area contributed by atoms with Crippen molar-refractivity contribution in [2.45, 2.75) is 30.6 Å². The van der Waals surface area contributed by atoms with Crippen LogP contribution in [0.4, 0.5) is 5.69 Å². The van der Waals surface area contributed by atoms with Crippen molar-refractivity contribution in [3.63, 3.8) is 0 Å². The summed E-state index contributed by atoms with van der Waals surface area (Å²) < 4.78 is 26.5. The van der Waals surface area contributed by atoms with Crippen LogP contribution in [0.15, 0.2) is 23.1 Å². The molecule has 1 aromatic rings. The Morgan fingerprint density at radius 3 is 2.55 bits per heavy atom. The summed E-state index contributed by atoms with van der Waals surface area (Å²) in [7, 11) is -3.64. The number of benzene rings is 1. The third-order valence-corrected chi connectivity index (χ3v) is 4.34. The van der Waals surface area contributed by atoms with Gasteiger partial charge in [-0.25, -0.2) is 13.1 Å². The first-order valence-corrected chi connectivity index (χ1v) is 7.89. The molecule has 0 amide bonds. The highest BCUT2D eigenvalue weighted by Crippen LogP contribution is 2.19. The van der Waals surface area contributed by atoms with Crippen LogP contribution in [0.1, 0.15) is 31.2 Å². The van der Waals surface area contributed by atoms with Crippen LogP contribution in [0.3, 0.4) is 0 Å². The zero-order chi connectivity index (χ0) is 15.0. The molecule has 1 rings (SSSR count). The maximum Gasteiger partial charge on any atom is 0.242 e. The summed E-state index contributed by atoms with van der Waals surface area (Å²) in [6, 6.07) is 6.00. The molecule has 1 aromatic carbocycles. The SMILES string of the molecule is N#Cc1ccc(S(=O)(=O)NCCCCCCO)c(N)c1. The number of nitrogens with one attached hydrogen (secondary N) is 1. The summed E-state index contributed by atoms with van der Waals surface area (Å²) >= 11 is 0. The minimum Gasteiger partial charge on any atom is -0.398 e. The Morgan fingerprint density at radius 2 is 1.95 bits per heavy atom. The second-order valence-electron chi connectivity index (χ2n) is 4.40. The standard InChI is InChI=1S/C13H19N3O3S/c14-10-11-5-6-13(12(15)9-11)20(18,19)16-7-3-1-2-4-8-17/h5-6,9,16-17H,1-4,7-8,15H2. The third kappa shape index (κ3) is 4.81. The molecule has 20 heavy (non-hydrogen) atoms. The van der Waals surface area contributed by atoms with Gasteiger partial charge in [0.15, 0.2) is 0 Å². The van der Waals surface area contributed by atoms with Gasteiger partial charge in [0.2, 0.25) is 10.0 Å². The predicted octanol–water partition coefficient (Wildman–Crippen LogP) is 0.971. The maximum atomic E-state index is 12.0. The van der Waals surface area contributed by atoms with Crippen molar-refractivity contribution in [3.05, 3.63) is 23.8 Å². The molecule has 7 heteroatoms. The van der Waals surface area contributed by atoms with E-state index in [9.17, 15) is 8.42 Å². The number of rotatable bonds is 8. The lowest BCUT2D eigenvalue weighted by atomic mass is 10.2. The molecule has 0 unspecified atom stereocenters. The molecular weight excluding hydrogens is 278 g/mol. The maximum absolute atomic E-state index is 12.0. The van der Waals surface area contributed by atoms with Crippen molar-refractivity contribution < 1.29 is 13.5 Å². The van der Waals surface area contributed by atoms with Gasteiger partial charge in [0, 0.05) is 13.2 Å². The van der Waals surface area contributed by atoms with Crippen molar-refractivity contribution in [3.8, 4) is 6.07 Å². The topological polar surface area (TPSA) is 116 Å². The van der Waals surface area contributed by atoms with Gasteiger partial charge in [-0.15, -0.1) is 0 Å². The van der Waals surface area contributed by atoms with Gasteiger partial charge in [0.1, 0.15) is 4.90 Å². The van der Waals surface area contributed by atoms with Gasteiger partial charge in [-0.1, -0.05) is 12.8 Å². The Morgan fingerprint density at radius 1 is 1.25 bits per heavy atom. The molecule has 0 aliphatic heterocycles. The number of hydrogen-bond donors (Lipinski definition) is 3. The number of nitrogen functional groups attached to an aromatic ring is 1. The van der Waals surface area contributed by atoms with Crippen LogP contribution in [0.2, 0.25) is 0 Å². The quantitative estimate of drug-likeness (QED) is 0.488. The molecule has 0 radical (unpaired) electrons. The van der Waals surface area contributed by atoms with Crippen LogP contribution in [0, 0.1) is 11.3 Å². The highest BCUT2D eigenvalue weighted by Gasteiger charge is 2.16. The Kier molecular flexibility index (Phi) is 6.45. The third-order valence-electron chi connectivity index (χ3n) is 2.81. The van der Waals surface area contributed by atoms with E-state index >= 15 is 0 Å². The van der Waals surface area contributed by atoms with Gasteiger partial charge in [-0.2, -0.15) is 5.26 Å². The van der Waals surface area contributed by atoms with E-state index in [1.807, 2.05) is 6.07 Å². The van der Waals surface area contributed by atoms with Gasteiger partial charge >= 0.3 is 0 Å². The minimum absolute atomic E-state index is 0.00754. The van der Waals surface area contributed by atoms with Gasteiger partial charge in [0.05, 0.1) is 17.3 Å². The fourth-order valence-corrected chi connectivity index (χ4v) is 2.92. The first-order chi connectivity index (χ1) is 9.51. The number of aliphatic hydroxyl groups is 1. The van der Waals surface area contributed by atoms with Crippen molar-refractivity contribution in [1.82, 2.24) is 4.72 Å². The van der Waals surface area contributed by atoms with Crippen LogP contribution >= 0.6 is 0 Å². The molecule has 0 spiro atoms. The number of aliphatic hydroxyl groups excluding tert-OH is 1. The van der Waals surface area contributed by atoms with Gasteiger partial charge in [-0.05, 0) is 31.0 Å². The number of nitrogens with zero attached hydrogens (tertiary/aromatic N) is 1. The lowest BCUT2D eigenvalue weighted by Crippen LogP contribution is -2.25. The molecule has 0 bridgehead atoms. The molecule has 0 fully saturated rings.